The lowest BCUT2D eigenvalue weighted by Gasteiger charge is -2.37. The molecule has 1 saturated heterocycles. The van der Waals surface area contributed by atoms with E-state index in [2.05, 4.69) is 38.5 Å². The van der Waals surface area contributed by atoms with Crippen molar-refractivity contribution >= 4 is 23.4 Å². The molecule has 1 aliphatic rings. The van der Waals surface area contributed by atoms with Gasteiger partial charge in [-0.15, -0.1) is 12.4 Å². The number of benzene rings is 3. The second-order valence-corrected chi connectivity index (χ2v) is 9.69. The number of hydrogen-bond acceptors (Lipinski definition) is 4. The molecule has 7 heteroatoms. The summed E-state index contributed by atoms with van der Waals surface area (Å²) < 4.78 is 15.5. The van der Waals surface area contributed by atoms with Gasteiger partial charge in [0.05, 0.1) is 30.3 Å². The number of likely N-dealkylation sites (tertiary alicyclic amines) is 1. The van der Waals surface area contributed by atoms with Crippen molar-refractivity contribution in [2.75, 3.05) is 32.7 Å². The van der Waals surface area contributed by atoms with Crippen molar-refractivity contribution in [1.82, 2.24) is 19.4 Å². The maximum Gasteiger partial charge on any atom is 0.269 e. The second-order valence-electron chi connectivity index (χ2n) is 9.69. The summed E-state index contributed by atoms with van der Waals surface area (Å²) in [6.45, 7) is 4.39. The average Bonchev–Trinajstić information content (AvgIpc) is 2.97. The van der Waals surface area contributed by atoms with Gasteiger partial charge in [-0.25, -0.2) is 9.37 Å². The van der Waals surface area contributed by atoms with Crippen molar-refractivity contribution in [3.63, 3.8) is 0 Å². The molecule has 0 bridgehead atoms. The SMILES string of the molecule is Cl.O=c1cnc2ccc(F)cc2n1CCN1CCC(N(CC#Cc2ccccc2)CC#Cc2ccccc2)CC1. The number of piperidine rings is 1. The summed E-state index contributed by atoms with van der Waals surface area (Å²) in [7, 11) is 0. The van der Waals surface area contributed by atoms with Crippen LogP contribution in [0.5, 0.6) is 0 Å². The Morgan fingerprint density at radius 2 is 1.45 bits per heavy atom. The van der Waals surface area contributed by atoms with Crippen molar-refractivity contribution in [3.8, 4) is 23.7 Å². The number of fused-ring (bicyclic) bond motifs is 1. The van der Waals surface area contributed by atoms with Gasteiger partial charge in [0.2, 0.25) is 0 Å². The molecule has 1 aromatic heterocycles. The zero-order valence-corrected chi connectivity index (χ0v) is 23.1. The zero-order chi connectivity index (χ0) is 26.9. The molecule has 2 heterocycles. The van der Waals surface area contributed by atoms with Crippen LogP contribution in [0, 0.1) is 29.5 Å². The Hall–Kier alpha value is -3.94. The van der Waals surface area contributed by atoms with Gasteiger partial charge >= 0.3 is 0 Å². The molecule has 0 unspecified atom stereocenters. The van der Waals surface area contributed by atoms with Gasteiger partial charge in [-0.05, 0) is 68.4 Å². The Morgan fingerprint density at radius 1 is 0.850 bits per heavy atom. The molecule has 4 aromatic rings. The van der Waals surface area contributed by atoms with E-state index >= 15 is 0 Å². The number of aromatic nitrogens is 2. The standard InChI is InChI=1S/C33H31FN4O.ClH/c34-29-15-16-31-32(25-29)38(33(39)26-35-31)24-23-36-21-17-30(18-22-36)37(19-7-13-27-9-3-1-4-10-27)20-8-14-28-11-5-2-6-12-28;/h1-6,9-12,15-16,25-26,30H,17-24H2;1H. The van der Waals surface area contributed by atoms with Gasteiger partial charge in [0.15, 0.2) is 0 Å². The van der Waals surface area contributed by atoms with Crippen LogP contribution in [0.15, 0.2) is 89.9 Å². The highest BCUT2D eigenvalue weighted by atomic mass is 35.5. The number of nitrogens with zero attached hydrogens (tertiary/aromatic N) is 4. The molecule has 5 nitrogen and oxygen atoms in total. The lowest BCUT2D eigenvalue weighted by atomic mass is 10.0. The molecule has 5 rings (SSSR count). The first-order valence-electron chi connectivity index (χ1n) is 13.3. The van der Waals surface area contributed by atoms with Crippen molar-refractivity contribution < 1.29 is 4.39 Å². The van der Waals surface area contributed by atoms with Crippen molar-refractivity contribution in [3.05, 3.63) is 112 Å². The highest BCUT2D eigenvalue weighted by Gasteiger charge is 2.24. The van der Waals surface area contributed by atoms with Gasteiger partial charge in [0.1, 0.15) is 5.82 Å². The van der Waals surface area contributed by atoms with E-state index in [0.29, 0.717) is 36.7 Å². The molecule has 0 amide bonds. The average molecular weight is 555 g/mol. The fourth-order valence-corrected chi connectivity index (χ4v) is 4.96. The first-order valence-corrected chi connectivity index (χ1v) is 13.3. The fraction of sp³-hybridized carbons (Fsp3) is 0.273. The number of hydrogen-bond donors (Lipinski definition) is 0. The van der Waals surface area contributed by atoms with Crippen LogP contribution in [-0.2, 0) is 6.54 Å². The molecular weight excluding hydrogens is 523 g/mol. The minimum atomic E-state index is -0.365. The van der Waals surface area contributed by atoms with Crippen LogP contribution in [-0.4, -0.2) is 58.1 Å². The number of halogens is 2. The largest absolute Gasteiger partial charge is 0.304 e. The van der Waals surface area contributed by atoms with E-state index in [1.807, 2.05) is 60.7 Å². The van der Waals surface area contributed by atoms with E-state index in [1.54, 1.807) is 10.6 Å². The first-order chi connectivity index (χ1) is 19.2. The Kier molecular flexibility index (Phi) is 10.5. The van der Waals surface area contributed by atoms with E-state index in [9.17, 15) is 9.18 Å². The minimum absolute atomic E-state index is 0. The molecule has 204 valence electrons. The predicted molar refractivity (Wildman–Crippen MR) is 161 cm³/mol. The van der Waals surface area contributed by atoms with Gasteiger partial charge in [-0.3, -0.25) is 9.69 Å². The molecule has 0 atom stereocenters. The smallest absolute Gasteiger partial charge is 0.269 e. The first kappa shape index (κ1) is 29.1. The van der Waals surface area contributed by atoms with E-state index in [4.69, 9.17) is 0 Å². The van der Waals surface area contributed by atoms with Crippen LogP contribution < -0.4 is 5.56 Å². The molecule has 3 aromatic carbocycles. The number of rotatable bonds is 6. The Balaban J connectivity index is 0.00000370. The van der Waals surface area contributed by atoms with Crippen molar-refractivity contribution in [2.24, 2.45) is 0 Å². The topological polar surface area (TPSA) is 41.4 Å². The third kappa shape index (κ3) is 7.81. The monoisotopic (exact) mass is 554 g/mol. The summed E-state index contributed by atoms with van der Waals surface area (Å²) in [5, 5.41) is 0. The van der Waals surface area contributed by atoms with Crippen LogP contribution in [0.1, 0.15) is 24.0 Å². The van der Waals surface area contributed by atoms with E-state index in [-0.39, 0.29) is 23.8 Å². The Bertz CT molecular complexity index is 1520. The molecular formula is C33H32ClFN4O. The molecule has 0 aliphatic carbocycles. The summed E-state index contributed by atoms with van der Waals surface area (Å²) in [5.41, 5.74) is 2.99. The van der Waals surface area contributed by atoms with Gasteiger partial charge in [-0.1, -0.05) is 60.1 Å². The maximum absolute atomic E-state index is 13.9. The predicted octanol–water partition coefficient (Wildman–Crippen LogP) is 4.83. The van der Waals surface area contributed by atoms with E-state index in [0.717, 1.165) is 43.6 Å². The van der Waals surface area contributed by atoms with E-state index in [1.165, 1.54) is 18.3 Å². The quantitative estimate of drug-likeness (QED) is 0.320. The third-order valence-electron chi connectivity index (χ3n) is 7.10. The van der Waals surface area contributed by atoms with Crippen LogP contribution in [0.2, 0.25) is 0 Å². The van der Waals surface area contributed by atoms with Crippen LogP contribution in [0.3, 0.4) is 0 Å². The molecule has 1 aliphatic heterocycles. The lowest BCUT2D eigenvalue weighted by molar-refractivity contribution is 0.126. The fourth-order valence-electron chi connectivity index (χ4n) is 4.96. The lowest BCUT2D eigenvalue weighted by Crippen LogP contribution is -2.46. The summed E-state index contributed by atoms with van der Waals surface area (Å²) in [6.07, 6.45) is 3.32. The summed E-state index contributed by atoms with van der Waals surface area (Å²) in [6, 6.07) is 24.9. The molecule has 0 N–H and O–H groups in total. The van der Waals surface area contributed by atoms with E-state index < -0.39 is 0 Å². The molecule has 0 radical (unpaired) electrons. The summed E-state index contributed by atoms with van der Waals surface area (Å²) >= 11 is 0. The minimum Gasteiger partial charge on any atom is -0.304 e. The third-order valence-corrected chi connectivity index (χ3v) is 7.10. The van der Waals surface area contributed by atoms with Crippen LogP contribution >= 0.6 is 12.4 Å². The molecule has 0 saturated carbocycles. The highest BCUT2D eigenvalue weighted by molar-refractivity contribution is 5.85. The van der Waals surface area contributed by atoms with Gasteiger partial charge in [-0.2, -0.15) is 0 Å². The van der Waals surface area contributed by atoms with Crippen molar-refractivity contribution in [2.45, 2.75) is 25.4 Å². The maximum atomic E-state index is 13.9. The van der Waals surface area contributed by atoms with Gasteiger partial charge in [0, 0.05) is 30.3 Å². The molecule has 40 heavy (non-hydrogen) atoms. The Labute approximate surface area is 241 Å². The molecule has 0 spiro atoms. The van der Waals surface area contributed by atoms with Gasteiger partial charge < -0.3 is 9.47 Å². The highest BCUT2D eigenvalue weighted by Crippen LogP contribution is 2.17. The second kappa shape index (κ2) is 14.4. The zero-order valence-electron chi connectivity index (χ0n) is 22.3. The summed E-state index contributed by atoms with van der Waals surface area (Å²) in [5.74, 6) is 12.9. The summed E-state index contributed by atoms with van der Waals surface area (Å²) in [4.78, 5) is 21.4. The van der Waals surface area contributed by atoms with Crippen LogP contribution in [0.25, 0.3) is 11.0 Å². The Morgan fingerprint density at radius 3 is 2.05 bits per heavy atom. The van der Waals surface area contributed by atoms with Crippen LogP contribution in [0.4, 0.5) is 4.39 Å². The molecule has 1 fully saturated rings. The normalized spacial score (nSPS) is 13.7. The van der Waals surface area contributed by atoms with Gasteiger partial charge in [0.25, 0.3) is 5.56 Å². The van der Waals surface area contributed by atoms with Crippen molar-refractivity contribution in [1.29, 1.82) is 0 Å².